The van der Waals surface area contributed by atoms with Gasteiger partial charge >= 0.3 is 0 Å². The van der Waals surface area contributed by atoms with Crippen molar-refractivity contribution in [2.45, 2.75) is 6.54 Å². The van der Waals surface area contributed by atoms with E-state index in [1.54, 1.807) is 13.3 Å². The Kier molecular flexibility index (Phi) is 3.10. The zero-order chi connectivity index (χ0) is 11.4. The third-order valence-electron chi connectivity index (χ3n) is 2.45. The number of anilines is 1. The van der Waals surface area contributed by atoms with Crippen LogP contribution in [-0.4, -0.2) is 16.9 Å². The van der Waals surface area contributed by atoms with E-state index in [9.17, 15) is 0 Å². The summed E-state index contributed by atoms with van der Waals surface area (Å²) in [5.74, 6) is 1.89. The molecule has 0 unspecified atom stereocenters. The van der Waals surface area contributed by atoms with Gasteiger partial charge in [0.1, 0.15) is 11.6 Å². The lowest BCUT2D eigenvalue weighted by Gasteiger charge is -2.07. The van der Waals surface area contributed by atoms with Gasteiger partial charge in [-0.1, -0.05) is 12.1 Å². The molecule has 0 radical (unpaired) electrons. The van der Waals surface area contributed by atoms with Gasteiger partial charge in [-0.25, -0.2) is 0 Å². The molecule has 1 heterocycles. The Bertz CT molecular complexity index is 448. The van der Waals surface area contributed by atoms with E-state index >= 15 is 0 Å². The van der Waals surface area contributed by atoms with Crippen molar-refractivity contribution >= 4 is 5.82 Å². The summed E-state index contributed by atoms with van der Waals surface area (Å²) in [5.41, 5.74) is 1.21. The molecule has 0 fully saturated rings. The summed E-state index contributed by atoms with van der Waals surface area (Å²) in [6.07, 6.45) is 1.77. The van der Waals surface area contributed by atoms with Gasteiger partial charge in [0.05, 0.1) is 13.3 Å². The van der Waals surface area contributed by atoms with Gasteiger partial charge < -0.3 is 10.1 Å². The second kappa shape index (κ2) is 4.70. The van der Waals surface area contributed by atoms with Crippen LogP contribution in [0.25, 0.3) is 0 Å². The van der Waals surface area contributed by atoms with Gasteiger partial charge in [0, 0.05) is 19.7 Å². The molecule has 0 saturated heterocycles. The van der Waals surface area contributed by atoms with Crippen molar-refractivity contribution in [3.05, 3.63) is 42.1 Å². The predicted molar refractivity (Wildman–Crippen MR) is 63.5 cm³/mol. The number of rotatable bonds is 4. The van der Waals surface area contributed by atoms with Crippen molar-refractivity contribution in [2.24, 2.45) is 7.05 Å². The van der Waals surface area contributed by atoms with Crippen molar-refractivity contribution in [1.29, 1.82) is 0 Å². The first-order valence-electron chi connectivity index (χ1n) is 5.14. The van der Waals surface area contributed by atoms with Crippen LogP contribution in [-0.2, 0) is 13.6 Å². The van der Waals surface area contributed by atoms with Gasteiger partial charge in [-0.2, -0.15) is 5.10 Å². The third kappa shape index (κ3) is 2.34. The third-order valence-corrected chi connectivity index (χ3v) is 2.45. The average Bonchev–Trinajstić information content (AvgIpc) is 2.73. The molecule has 2 aromatic rings. The Morgan fingerprint density at radius 3 is 2.56 bits per heavy atom. The Balaban J connectivity index is 1.97. The number of methoxy groups -OCH3 is 1. The number of hydrogen-bond donors (Lipinski definition) is 1. The Hall–Kier alpha value is -1.97. The van der Waals surface area contributed by atoms with Crippen LogP contribution in [0.1, 0.15) is 5.56 Å². The highest BCUT2D eigenvalue weighted by atomic mass is 16.5. The van der Waals surface area contributed by atoms with Gasteiger partial charge in [-0.3, -0.25) is 4.68 Å². The van der Waals surface area contributed by atoms with Crippen molar-refractivity contribution in [3.63, 3.8) is 0 Å². The van der Waals surface area contributed by atoms with E-state index in [2.05, 4.69) is 10.4 Å². The zero-order valence-electron chi connectivity index (χ0n) is 9.47. The Morgan fingerprint density at radius 1 is 1.25 bits per heavy atom. The standard InChI is InChI=1S/C12H15N3O/c1-15-12(7-8-14-15)13-9-10-3-5-11(16-2)6-4-10/h3-8,13H,9H2,1-2H3. The molecule has 0 aliphatic rings. The number of ether oxygens (including phenoxy) is 1. The van der Waals surface area contributed by atoms with Crippen LogP contribution < -0.4 is 10.1 Å². The minimum atomic E-state index is 0.781. The number of aromatic nitrogens is 2. The largest absolute Gasteiger partial charge is 0.497 e. The topological polar surface area (TPSA) is 39.1 Å². The zero-order valence-corrected chi connectivity index (χ0v) is 9.47. The molecular weight excluding hydrogens is 202 g/mol. The van der Waals surface area contributed by atoms with Gasteiger partial charge in [0.25, 0.3) is 0 Å². The maximum absolute atomic E-state index is 5.10. The van der Waals surface area contributed by atoms with Crippen molar-refractivity contribution in [3.8, 4) is 5.75 Å². The highest BCUT2D eigenvalue weighted by Crippen LogP contribution is 2.12. The lowest BCUT2D eigenvalue weighted by atomic mass is 10.2. The molecule has 0 spiro atoms. The fourth-order valence-corrected chi connectivity index (χ4v) is 1.48. The number of nitrogens with zero attached hydrogens (tertiary/aromatic N) is 2. The lowest BCUT2D eigenvalue weighted by molar-refractivity contribution is 0.414. The molecule has 1 aromatic carbocycles. The number of hydrogen-bond acceptors (Lipinski definition) is 3. The number of aryl methyl sites for hydroxylation is 1. The van der Waals surface area contributed by atoms with Gasteiger partial charge in [0.2, 0.25) is 0 Å². The average molecular weight is 217 g/mol. The minimum absolute atomic E-state index is 0.781. The molecule has 1 N–H and O–H groups in total. The normalized spacial score (nSPS) is 10.1. The van der Waals surface area contributed by atoms with Crippen LogP contribution in [0.15, 0.2) is 36.5 Å². The molecule has 4 heteroatoms. The molecule has 16 heavy (non-hydrogen) atoms. The highest BCUT2D eigenvalue weighted by molar-refractivity contribution is 5.36. The monoisotopic (exact) mass is 217 g/mol. The van der Waals surface area contributed by atoms with E-state index in [-0.39, 0.29) is 0 Å². The van der Waals surface area contributed by atoms with Crippen LogP contribution in [0.5, 0.6) is 5.75 Å². The van der Waals surface area contributed by atoms with Crippen LogP contribution >= 0.6 is 0 Å². The van der Waals surface area contributed by atoms with E-state index < -0.39 is 0 Å². The maximum Gasteiger partial charge on any atom is 0.124 e. The van der Waals surface area contributed by atoms with Crippen LogP contribution in [0, 0.1) is 0 Å². The van der Waals surface area contributed by atoms with Crippen molar-refractivity contribution in [2.75, 3.05) is 12.4 Å². The minimum Gasteiger partial charge on any atom is -0.497 e. The van der Waals surface area contributed by atoms with Crippen molar-refractivity contribution in [1.82, 2.24) is 9.78 Å². The molecule has 0 saturated carbocycles. The number of benzene rings is 1. The Labute approximate surface area is 94.9 Å². The summed E-state index contributed by atoms with van der Waals surface area (Å²) < 4.78 is 6.91. The lowest BCUT2D eigenvalue weighted by Crippen LogP contribution is -2.04. The SMILES string of the molecule is COc1ccc(CNc2ccnn2C)cc1. The fraction of sp³-hybridized carbons (Fsp3) is 0.250. The Morgan fingerprint density at radius 2 is 2.00 bits per heavy atom. The molecule has 84 valence electrons. The molecule has 4 nitrogen and oxygen atoms in total. The first kappa shape index (κ1) is 10.5. The number of nitrogens with one attached hydrogen (secondary N) is 1. The molecule has 2 rings (SSSR count). The van der Waals surface area contributed by atoms with Gasteiger partial charge in [0.15, 0.2) is 0 Å². The van der Waals surface area contributed by atoms with Gasteiger partial charge in [-0.05, 0) is 17.7 Å². The highest BCUT2D eigenvalue weighted by Gasteiger charge is 1.98. The van der Waals surface area contributed by atoms with Crippen molar-refractivity contribution < 1.29 is 4.74 Å². The summed E-state index contributed by atoms with van der Waals surface area (Å²) in [6, 6.07) is 9.95. The first-order valence-corrected chi connectivity index (χ1v) is 5.14. The maximum atomic E-state index is 5.10. The predicted octanol–water partition coefficient (Wildman–Crippen LogP) is 2.04. The second-order valence-electron chi connectivity index (χ2n) is 3.54. The molecule has 0 bridgehead atoms. The first-order chi connectivity index (χ1) is 7.79. The van der Waals surface area contributed by atoms with Gasteiger partial charge in [-0.15, -0.1) is 0 Å². The molecule has 0 atom stereocenters. The molecule has 0 aliphatic carbocycles. The second-order valence-corrected chi connectivity index (χ2v) is 3.54. The molecule has 1 aromatic heterocycles. The smallest absolute Gasteiger partial charge is 0.124 e. The summed E-state index contributed by atoms with van der Waals surface area (Å²) in [4.78, 5) is 0. The van der Waals surface area contributed by atoms with E-state index in [0.717, 1.165) is 18.1 Å². The summed E-state index contributed by atoms with van der Waals surface area (Å²) in [6.45, 7) is 0.781. The van der Waals surface area contributed by atoms with Crippen LogP contribution in [0.3, 0.4) is 0 Å². The van der Waals surface area contributed by atoms with E-state index in [1.165, 1.54) is 5.56 Å². The van der Waals surface area contributed by atoms with E-state index in [0.29, 0.717) is 0 Å². The molecule has 0 amide bonds. The van der Waals surface area contributed by atoms with Crippen LogP contribution in [0.4, 0.5) is 5.82 Å². The summed E-state index contributed by atoms with van der Waals surface area (Å²) >= 11 is 0. The quantitative estimate of drug-likeness (QED) is 0.851. The summed E-state index contributed by atoms with van der Waals surface area (Å²) in [5, 5.41) is 7.40. The molecule has 0 aliphatic heterocycles. The van der Waals surface area contributed by atoms with E-state index in [4.69, 9.17) is 4.74 Å². The van der Waals surface area contributed by atoms with E-state index in [1.807, 2.05) is 42.1 Å². The summed E-state index contributed by atoms with van der Waals surface area (Å²) in [7, 11) is 3.58. The fourth-order valence-electron chi connectivity index (χ4n) is 1.48. The molecular formula is C12H15N3O. The van der Waals surface area contributed by atoms with Crippen LogP contribution in [0.2, 0.25) is 0 Å².